The molecule has 0 aliphatic rings. The maximum atomic E-state index is 10.3. The van der Waals surface area contributed by atoms with Crippen LogP contribution in [0.15, 0.2) is 156 Å². The molecule has 2 aromatic heterocycles. The lowest BCUT2D eigenvalue weighted by Gasteiger charge is -2.13. The second-order valence-corrected chi connectivity index (χ2v) is 12.0. The molecule has 0 aliphatic heterocycles. The number of para-hydroxylation sites is 2. The zero-order chi connectivity index (χ0) is 32.2. The van der Waals surface area contributed by atoms with Crippen LogP contribution in [0.2, 0.25) is 0 Å². The van der Waals surface area contributed by atoms with Crippen LogP contribution in [0.1, 0.15) is 11.1 Å². The molecule has 48 heavy (non-hydrogen) atoms. The van der Waals surface area contributed by atoms with Crippen LogP contribution in [0, 0.1) is 22.7 Å². The Balaban J connectivity index is 1.30. The summed E-state index contributed by atoms with van der Waals surface area (Å²) >= 11 is 0. The first-order chi connectivity index (χ1) is 23.7. The third-order valence-corrected chi connectivity index (χ3v) is 9.20. The molecular formula is C44H25N3O. The van der Waals surface area contributed by atoms with Crippen molar-refractivity contribution in [3.63, 3.8) is 0 Å². The van der Waals surface area contributed by atoms with E-state index in [9.17, 15) is 10.5 Å². The summed E-state index contributed by atoms with van der Waals surface area (Å²) in [5.41, 5.74) is 11.9. The minimum Gasteiger partial charge on any atom is -0.455 e. The minimum absolute atomic E-state index is 0.562. The van der Waals surface area contributed by atoms with Crippen LogP contribution in [-0.2, 0) is 0 Å². The number of nitrogens with zero attached hydrogens (tertiary/aromatic N) is 3. The normalized spacial score (nSPS) is 11.3. The fraction of sp³-hybridized carbons (Fsp3) is 0. The SMILES string of the molecule is N#Cc1cc(-c2cc(-c3cccc(-c4ccccc4)c3)c3oc4ccccc4c3c2)cc(-n2c3ccccc3c3cc(C#N)ccc32)c1. The number of aromatic nitrogens is 1. The van der Waals surface area contributed by atoms with Gasteiger partial charge in [-0.2, -0.15) is 10.5 Å². The molecule has 0 N–H and O–H groups in total. The third kappa shape index (κ3) is 4.36. The van der Waals surface area contributed by atoms with Crippen LogP contribution < -0.4 is 0 Å². The summed E-state index contributed by atoms with van der Waals surface area (Å²) < 4.78 is 8.72. The predicted molar refractivity (Wildman–Crippen MR) is 194 cm³/mol. The van der Waals surface area contributed by atoms with Crippen LogP contribution in [0.25, 0.3) is 82.8 Å². The molecule has 0 saturated carbocycles. The summed E-state index contributed by atoms with van der Waals surface area (Å²) in [6.07, 6.45) is 0. The van der Waals surface area contributed by atoms with Crippen LogP contribution in [0.3, 0.4) is 0 Å². The molecule has 2 heterocycles. The number of fused-ring (bicyclic) bond motifs is 6. The van der Waals surface area contributed by atoms with Crippen molar-refractivity contribution in [3.05, 3.63) is 163 Å². The van der Waals surface area contributed by atoms with Gasteiger partial charge < -0.3 is 8.98 Å². The van der Waals surface area contributed by atoms with E-state index in [0.29, 0.717) is 11.1 Å². The Labute approximate surface area is 276 Å². The van der Waals surface area contributed by atoms with E-state index in [2.05, 4.69) is 102 Å². The molecule has 0 aliphatic carbocycles. The highest BCUT2D eigenvalue weighted by atomic mass is 16.3. The average Bonchev–Trinajstić information content (AvgIpc) is 3.70. The second kappa shape index (κ2) is 10.9. The van der Waals surface area contributed by atoms with Gasteiger partial charge in [0.15, 0.2) is 0 Å². The fourth-order valence-electron chi connectivity index (χ4n) is 7.00. The number of hydrogen-bond donors (Lipinski definition) is 0. The van der Waals surface area contributed by atoms with Crippen LogP contribution in [0.5, 0.6) is 0 Å². The van der Waals surface area contributed by atoms with Crippen molar-refractivity contribution in [1.82, 2.24) is 4.57 Å². The molecule has 222 valence electrons. The van der Waals surface area contributed by atoms with Gasteiger partial charge in [0.2, 0.25) is 0 Å². The Morgan fingerprint density at radius 3 is 2.00 bits per heavy atom. The smallest absolute Gasteiger partial charge is 0.143 e. The summed E-state index contributed by atoms with van der Waals surface area (Å²) in [6, 6.07) is 56.2. The molecule has 7 aromatic carbocycles. The zero-order valence-corrected chi connectivity index (χ0v) is 25.7. The summed E-state index contributed by atoms with van der Waals surface area (Å²) in [5.74, 6) is 0. The number of rotatable bonds is 4. The summed E-state index contributed by atoms with van der Waals surface area (Å²) in [4.78, 5) is 0. The summed E-state index contributed by atoms with van der Waals surface area (Å²) in [6.45, 7) is 0. The molecule has 9 aromatic rings. The van der Waals surface area contributed by atoms with E-state index >= 15 is 0 Å². The predicted octanol–water partition coefficient (Wildman–Crippen LogP) is 11.4. The van der Waals surface area contributed by atoms with E-state index in [-0.39, 0.29) is 0 Å². The number of furan rings is 1. The van der Waals surface area contributed by atoms with Crippen LogP contribution in [0.4, 0.5) is 0 Å². The van der Waals surface area contributed by atoms with Gasteiger partial charge in [-0.05, 0) is 94.5 Å². The van der Waals surface area contributed by atoms with Gasteiger partial charge in [-0.3, -0.25) is 0 Å². The van der Waals surface area contributed by atoms with Crippen LogP contribution >= 0.6 is 0 Å². The molecule has 0 spiro atoms. The minimum atomic E-state index is 0.562. The molecule has 0 fully saturated rings. The molecular weight excluding hydrogens is 587 g/mol. The topological polar surface area (TPSA) is 65.7 Å². The van der Waals surface area contributed by atoms with Gasteiger partial charge in [0.1, 0.15) is 11.2 Å². The number of hydrogen-bond acceptors (Lipinski definition) is 3. The van der Waals surface area contributed by atoms with E-state index in [1.165, 1.54) is 0 Å². The molecule has 0 saturated heterocycles. The van der Waals surface area contributed by atoms with E-state index in [1.54, 1.807) is 0 Å². The van der Waals surface area contributed by atoms with Gasteiger partial charge >= 0.3 is 0 Å². The monoisotopic (exact) mass is 611 g/mol. The van der Waals surface area contributed by atoms with Crippen molar-refractivity contribution in [2.45, 2.75) is 0 Å². The van der Waals surface area contributed by atoms with Gasteiger partial charge in [0.05, 0.1) is 34.3 Å². The summed E-state index contributed by atoms with van der Waals surface area (Å²) in [5, 5.41) is 24.0. The van der Waals surface area contributed by atoms with Gasteiger partial charge in [0, 0.05) is 32.8 Å². The molecule has 0 atom stereocenters. The molecule has 0 unspecified atom stereocenters. The highest BCUT2D eigenvalue weighted by Gasteiger charge is 2.18. The first-order valence-electron chi connectivity index (χ1n) is 15.8. The lowest BCUT2D eigenvalue weighted by atomic mass is 9.93. The molecule has 4 heteroatoms. The highest BCUT2D eigenvalue weighted by Crippen LogP contribution is 2.41. The van der Waals surface area contributed by atoms with E-state index in [1.807, 2.05) is 66.7 Å². The Hall–Kier alpha value is -6.88. The lowest BCUT2D eigenvalue weighted by Crippen LogP contribution is -1.96. The van der Waals surface area contributed by atoms with Gasteiger partial charge in [-0.1, -0.05) is 84.9 Å². The quantitative estimate of drug-likeness (QED) is 0.199. The van der Waals surface area contributed by atoms with Gasteiger partial charge in [-0.15, -0.1) is 0 Å². The van der Waals surface area contributed by atoms with Crippen molar-refractivity contribution in [3.8, 4) is 51.2 Å². The molecule has 0 amide bonds. The molecule has 9 rings (SSSR count). The average molecular weight is 612 g/mol. The standard InChI is InChI=1S/C44H25N3O/c45-26-28-17-18-42-39(21-28)36-13-4-6-15-41(36)47(42)35-20-29(27-46)19-33(23-35)34-24-38(44-40(25-34)37-14-5-7-16-43(37)48-44)32-12-8-11-31(22-32)30-9-2-1-3-10-30/h1-25H. The lowest BCUT2D eigenvalue weighted by molar-refractivity contribution is 0.670. The Kier molecular flexibility index (Phi) is 6.22. The van der Waals surface area contributed by atoms with Gasteiger partial charge in [0.25, 0.3) is 0 Å². The zero-order valence-electron chi connectivity index (χ0n) is 25.7. The van der Waals surface area contributed by atoms with Crippen molar-refractivity contribution in [2.75, 3.05) is 0 Å². The second-order valence-electron chi connectivity index (χ2n) is 12.0. The summed E-state index contributed by atoms with van der Waals surface area (Å²) in [7, 11) is 0. The maximum absolute atomic E-state index is 10.3. The Bertz CT molecular complexity index is 2810. The fourth-order valence-corrected chi connectivity index (χ4v) is 7.00. The van der Waals surface area contributed by atoms with Crippen molar-refractivity contribution < 1.29 is 4.42 Å². The third-order valence-electron chi connectivity index (χ3n) is 9.20. The Morgan fingerprint density at radius 1 is 0.438 bits per heavy atom. The van der Waals surface area contributed by atoms with E-state index < -0.39 is 0 Å². The molecule has 0 bridgehead atoms. The van der Waals surface area contributed by atoms with E-state index in [4.69, 9.17) is 4.42 Å². The van der Waals surface area contributed by atoms with E-state index in [0.717, 1.165) is 82.8 Å². The highest BCUT2D eigenvalue weighted by molar-refractivity contribution is 6.12. The van der Waals surface area contributed by atoms with Crippen molar-refractivity contribution >= 4 is 43.7 Å². The maximum Gasteiger partial charge on any atom is 0.143 e. The van der Waals surface area contributed by atoms with Gasteiger partial charge in [-0.25, -0.2) is 0 Å². The van der Waals surface area contributed by atoms with Crippen LogP contribution in [-0.4, -0.2) is 4.57 Å². The molecule has 0 radical (unpaired) electrons. The number of nitriles is 2. The van der Waals surface area contributed by atoms with Crippen molar-refractivity contribution in [1.29, 1.82) is 10.5 Å². The molecule has 4 nitrogen and oxygen atoms in total. The Morgan fingerprint density at radius 2 is 1.15 bits per heavy atom. The first-order valence-corrected chi connectivity index (χ1v) is 15.8. The number of benzene rings is 7. The largest absolute Gasteiger partial charge is 0.455 e. The first kappa shape index (κ1) is 27.4. The van der Waals surface area contributed by atoms with Crippen molar-refractivity contribution in [2.24, 2.45) is 0 Å².